The summed E-state index contributed by atoms with van der Waals surface area (Å²) in [7, 11) is 3.36. The molecular weight excluding hydrogens is 398 g/mol. The van der Waals surface area contributed by atoms with Crippen LogP contribution < -0.4 is 10.1 Å². The van der Waals surface area contributed by atoms with Crippen LogP contribution in [-0.2, 0) is 17.9 Å². The molecule has 0 saturated heterocycles. The van der Waals surface area contributed by atoms with Crippen molar-refractivity contribution < 1.29 is 9.47 Å². The third kappa shape index (κ3) is 4.46. The standard InChI is InChI=1S/C16H17Br2NO2/c1-20-10-11-4-3-5-13(6-11)19-9-12-7-14(17)16(21-2)15(18)8-12/h3-8,19H,9-10H2,1-2H3. The maximum atomic E-state index is 5.31. The van der Waals surface area contributed by atoms with E-state index in [1.807, 2.05) is 12.1 Å². The zero-order chi connectivity index (χ0) is 15.2. The molecule has 0 heterocycles. The second-order valence-corrected chi connectivity index (χ2v) is 6.29. The first-order valence-electron chi connectivity index (χ1n) is 6.47. The van der Waals surface area contributed by atoms with Gasteiger partial charge in [-0.1, -0.05) is 12.1 Å². The van der Waals surface area contributed by atoms with Crippen LogP contribution in [0.2, 0.25) is 0 Å². The topological polar surface area (TPSA) is 30.5 Å². The highest BCUT2D eigenvalue weighted by atomic mass is 79.9. The Balaban J connectivity index is 2.08. The van der Waals surface area contributed by atoms with Crippen LogP contribution in [0.4, 0.5) is 5.69 Å². The molecule has 21 heavy (non-hydrogen) atoms. The Kier molecular flexibility index (Phi) is 6.08. The highest BCUT2D eigenvalue weighted by molar-refractivity contribution is 9.11. The molecule has 0 spiro atoms. The number of rotatable bonds is 6. The van der Waals surface area contributed by atoms with E-state index in [0.717, 1.165) is 38.1 Å². The molecule has 2 aromatic carbocycles. The normalized spacial score (nSPS) is 10.5. The lowest BCUT2D eigenvalue weighted by Crippen LogP contribution is -2.01. The SMILES string of the molecule is COCc1cccc(NCc2cc(Br)c(OC)c(Br)c2)c1. The summed E-state index contributed by atoms with van der Waals surface area (Å²) in [5.41, 5.74) is 3.39. The van der Waals surface area contributed by atoms with Crippen molar-refractivity contribution in [3.05, 3.63) is 56.5 Å². The van der Waals surface area contributed by atoms with Gasteiger partial charge in [0.2, 0.25) is 0 Å². The van der Waals surface area contributed by atoms with E-state index >= 15 is 0 Å². The van der Waals surface area contributed by atoms with Crippen molar-refractivity contribution >= 4 is 37.5 Å². The van der Waals surface area contributed by atoms with E-state index in [9.17, 15) is 0 Å². The van der Waals surface area contributed by atoms with Crippen molar-refractivity contribution in [1.29, 1.82) is 0 Å². The molecule has 2 aromatic rings. The van der Waals surface area contributed by atoms with E-state index in [-0.39, 0.29) is 0 Å². The maximum Gasteiger partial charge on any atom is 0.147 e. The van der Waals surface area contributed by atoms with Crippen molar-refractivity contribution in [1.82, 2.24) is 0 Å². The first kappa shape index (κ1) is 16.3. The zero-order valence-electron chi connectivity index (χ0n) is 12.0. The summed E-state index contributed by atoms with van der Waals surface area (Å²) in [5.74, 6) is 0.806. The van der Waals surface area contributed by atoms with E-state index in [2.05, 4.69) is 61.4 Å². The smallest absolute Gasteiger partial charge is 0.147 e. The molecule has 0 bridgehead atoms. The summed E-state index contributed by atoms with van der Waals surface area (Å²) in [6.07, 6.45) is 0. The first-order chi connectivity index (χ1) is 10.1. The van der Waals surface area contributed by atoms with E-state index in [1.165, 1.54) is 0 Å². The van der Waals surface area contributed by atoms with Gasteiger partial charge in [-0.2, -0.15) is 0 Å². The van der Waals surface area contributed by atoms with Gasteiger partial charge in [-0.15, -0.1) is 0 Å². The molecule has 1 N–H and O–H groups in total. The Hall–Kier alpha value is -1.04. The van der Waals surface area contributed by atoms with Crippen molar-refractivity contribution in [3.8, 4) is 5.75 Å². The number of nitrogens with one attached hydrogen (secondary N) is 1. The fourth-order valence-electron chi connectivity index (χ4n) is 2.05. The molecule has 0 radical (unpaired) electrons. The van der Waals surface area contributed by atoms with Gasteiger partial charge in [0.05, 0.1) is 22.7 Å². The molecule has 0 saturated carbocycles. The first-order valence-corrected chi connectivity index (χ1v) is 8.06. The van der Waals surface area contributed by atoms with Crippen LogP contribution in [0, 0.1) is 0 Å². The number of benzene rings is 2. The lowest BCUT2D eigenvalue weighted by atomic mass is 10.2. The average Bonchev–Trinajstić information content (AvgIpc) is 2.46. The van der Waals surface area contributed by atoms with Gasteiger partial charge in [0, 0.05) is 19.3 Å². The molecule has 2 rings (SSSR count). The monoisotopic (exact) mass is 413 g/mol. The second-order valence-electron chi connectivity index (χ2n) is 4.58. The molecular formula is C16H17Br2NO2. The van der Waals surface area contributed by atoms with E-state index in [1.54, 1.807) is 14.2 Å². The van der Waals surface area contributed by atoms with Crippen LogP contribution in [0.25, 0.3) is 0 Å². The third-order valence-corrected chi connectivity index (χ3v) is 4.17. The highest BCUT2D eigenvalue weighted by Crippen LogP contribution is 2.34. The van der Waals surface area contributed by atoms with E-state index < -0.39 is 0 Å². The van der Waals surface area contributed by atoms with Crippen LogP contribution in [0.15, 0.2) is 45.3 Å². The minimum absolute atomic E-state index is 0.620. The van der Waals surface area contributed by atoms with Crippen LogP contribution >= 0.6 is 31.9 Å². The maximum absolute atomic E-state index is 5.31. The Morgan fingerprint density at radius 3 is 2.33 bits per heavy atom. The lowest BCUT2D eigenvalue weighted by molar-refractivity contribution is 0.185. The van der Waals surface area contributed by atoms with Gasteiger partial charge >= 0.3 is 0 Å². The Morgan fingerprint density at radius 2 is 1.71 bits per heavy atom. The predicted octanol–water partition coefficient (Wildman–Crippen LogP) is 4.98. The molecule has 0 atom stereocenters. The Morgan fingerprint density at radius 1 is 1.00 bits per heavy atom. The van der Waals surface area contributed by atoms with Crippen molar-refractivity contribution in [2.75, 3.05) is 19.5 Å². The molecule has 0 aromatic heterocycles. The van der Waals surface area contributed by atoms with Crippen LogP contribution in [-0.4, -0.2) is 14.2 Å². The van der Waals surface area contributed by atoms with Gasteiger partial charge in [-0.05, 0) is 67.3 Å². The number of anilines is 1. The summed E-state index contributed by atoms with van der Waals surface area (Å²) in [6, 6.07) is 12.3. The summed E-state index contributed by atoms with van der Waals surface area (Å²) in [5, 5.41) is 3.41. The summed E-state index contributed by atoms with van der Waals surface area (Å²) in [6.45, 7) is 1.35. The lowest BCUT2D eigenvalue weighted by Gasteiger charge is -2.11. The number of hydrogen-bond donors (Lipinski definition) is 1. The quantitative estimate of drug-likeness (QED) is 0.722. The zero-order valence-corrected chi connectivity index (χ0v) is 15.1. The minimum Gasteiger partial charge on any atom is -0.494 e. The summed E-state index contributed by atoms with van der Waals surface area (Å²) >= 11 is 7.03. The van der Waals surface area contributed by atoms with Gasteiger partial charge in [-0.25, -0.2) is 0 Å². The van der Waals surface area contributed by atoms with Crippen molar-refractivity contribution in [2.45, 2.75) is 13.2 Å². The Labute approximate surface area is 141 Å². The molecule has 5 heteroatoms. The second kappa shape index (κ2) is 7.82. The molecule has 0 aliphatic heterocycles. The fraction of sp³-hybridized carbons (Fsp3) is 0.250. The largest absolute Gasteiger partial charge is 0.494 e. The minimum atomic E-state index is 0.620. The predicted molar refractivity (Wildman–Crippen MR) is 92.9 cm³/mol. The number of hydrogen-bond acceptors (Lipinski definition) is 3. The molecule has 0 aliphatic carbocycles. The Bertz CT molecular complexity index is 594. The molecule has 0 unspecified atom stereocenters. The highest BCUT2D eigenvalue weighted by Gasteiger charge is 2.07. The van der Waals surface area contributed by atoms with Crippen molar-refractivity contribution in [3.63, 3.8) is 0 Å². The molecule has 0 amide bonds. The van der Waals surface area contributed by atoms with Gasteiger partial charge in [-0.3, -0.25) is 0 Å². The van der Waals surface area contributed by atoms with E-state index in [4.69, 9.17) is 9.47 Å². The van der Waals surface area contributed by atoms with Gasteiger partial charge in [0.15, 0.2) is 0 Å². The van der Waals surface area contributed by atoms with Crippen LogP contribution in [0.3, 0.4) is 0 Å². The number of ether oxygens (including phenoxy) is 2. The molecule has 0 fully saturated rings. The van der Waals surface area contributed by atoms with Crippen LogP contribution in [0.1, 0.15) is 11.1 Å². The van der Waals surface area contributed by atoms with Crippen molar-refractivity contribution in [2.24, 2.45) is 0 Å². The molecule has 0 aliphatic rings. The summed E-state index contributed by atoms with van der Waals surface area (Å²) in [4.78, 5) is 0. The fourth-order valence-corrected chi connectivity index (χ4v) is 3.66. The molecule has 3 nitrogen and oxygen atoms in total. The summed E-state index contributed by atoms with van der Waals surface area (Å²) < 4.78 is 12.3. The number of halogens is 2. The average molecular weight is 415 g/mol. The third-order valence-electron chi connectivity index (χ3n) is 3.00. The van der Waals surface area contributed by atoms with E-state index in [0.29, 0.717) is 6.61 Å². The number of methoxy groups -OCH3 is 2. The van der Waals surface area contributed by atoms with Crippen LogP contribution in [0.5, 0.6) is 5.75 Å². The van der Waals surface area contributed by atoms with Gasteiger partial charge < -0.3 is 14.8 Å². The molecule has 112 valence electrons. The van der Waals surface area contributed by atoms with Gasteiger partial charge in [0.1, 0.15) is 5.75 Å². The van der Waals surface area contributed by atoms with Gasteiger partial charge in [0.25, 0.3) is 0 Å².